The van der Waals surface area contributed by atoms with Gasteiger partial charge in [0, 0.05) is 28.2 Å². The summed E-state index contributed by atoms with van der Waals surface area (Å²) in [7, 11) is 0. The molecule has 0 atom stereocenters. The van der Waals surface area contributed by atoms with E-state index in [0.717, 1.165) is 43.8 Å². The van der Waals surface area contributed by atoms with Gasteiger partial charge in [-0.2, -0.15) is 0 Å². The van der Waals surface area contributed by atoms with Crippen LogP contribution < -0.4 is 11.1 Å². The number of benzene rings is 1. The van der Waals surface area contributed by atoms with Crippen molar-refractivity contribution in [3.05, 3.63) is 71.5 Å². The molecule has 37 heavy (non-hydrogen) atoms. The normalized spacial score (nSPS) is 21.1. The molecule has 2 aliphatic rings. The summed E-state index contributed by atoms with van der Waals surface area (Å²) in [5.74, 6) is 1.65. The van der Waals surface area contributed by atoms with Crippen molar-refractivity contribution in [1.29, 1.82) is 0 Å². The van der Waals surface area contributed by atoms with E-state index in [4.69, 9.17) is 22.1 Å². The number of allylic oxidation sites excluding steroid dienone is 3. The van der Waals surface area contributed by atoms with Crippen LogP contribution in [-0.2, 0) is 4.74 Å². The lowest BCUT2D eigenvalue weighted by Crippen LogP contribution is -2.48. The topological polar surface area (TPSA) is 76.3 Å². The summed E-state index contributed by atoms with van der Waals surface area (Å²) in [6.45, 7) is 9.04. The number of nitrogens with one attached hydrogen (secondary N) is 1. The third-order valence-corrected chi connectivity index (χ3v) is 7.81. The summed E-state index contributed by atoms with van der Waals surface area (Å²) < 4.78 is 20.0. The van der Waals surface area contributed by atoms with Gasteiger partial charge in [-0.25, -0.2) is 4.39 Å². The Morgan fingerprint density at radius 2 is 2.05 bits per heavy atom. The highest BCUT2D eigenvalue weighted by Crippen LogP contribution is 2.37. The molecule has 1 aliphatic heterocycles. The predicted molar refractivity (Wildman–Crippen MR) is 151 cm³/mol. The first-order chi connectivity index (χ1) is 17.9. The van der Waals surface area contributed by atoms with Crippen LogP contribution in [0.1, 0.15) is 39.0 Å². The van der Waals surface area contributed by atoms with Crippen molar-refractivity contribution in [1.82, 2.24) is 15.1 Å². The Kier molecular flexibility index (Phi) is 9.51. The smallest absolute Gasteiger partial charge is 0.139 e. The molecule has 9 heteroatoms. The summed E-state index contributed by atoms with van der Waals surface area (Å²) in [6.07, 6.45) is 11.0. The zero-order valence-electron chi connectivity index (χ0n) is 21.2. The van der Waals surface area contributed by atoms with Crippen molar-refractivity contribution in [2.45, 2.75) is 50.1 Å². The third-order valence-electron chi connectivity index (χ3n) is 7.25. The van der Waals surface area contributed by atoms with Crippen LogP contribution in [0.3, 0.4) is 0 Å². The molecule has 4 rings (SSSR count). The van der Waals surface area contributed by atoms with Crippen molar-refractivity contribution in [3.8, 4) is 11.3 Å². The van der Waals surface area contributed by atoms with E-state index in [9.17, 15) is 4.39 Å². The van der Waals surface area contributed by atoms with Crippen LogP contribution in [0.5, 0.6) is 0 Å². The largest absolute Gasteiger partial charge is 0.499 e. The minimum Gasteiger partial charge on any atom is -0.499 e. The molecule has 0 radical (unpaired) electrons. The summed E-state index contributed by atoms with van der Waals surface area (Å²) in [5, 5.41) is 12.3. The maximum Gasteiger partial charge on any atom is 0.139 e. The molecule has 1 saturated heterocycles. The highest BCUT2D eigenvalue weighted by Gasteiger charge is 2.35. The van der Waals surface area contributed by atoms with Gasteiger partial charge in [0.25, 0.3) is 0 Å². The second kappa shape index (κ2) is 12.8. The Hall–Kier alpha value is -2.55. The van der Waals surface area contributed by atoms with Crippen molar-refractivity contribution < 1.29 is 9.13 Å². The molecular weight excluding hydrogens is 509 g/mol. The molecule has 3 N–H and O–H groups in total. The van der Waals surface area contributed by atoms with Crippen molar-refractivity contribution in [2.75, 3.05) is 25.0 Å². The number of anilines is 1. The Balaban J connectivity index is 1.33. The second-order valence-electron chi connectivity index (χ2n) is 9.67. The molecular formula is C28H35ClFN5OS. The fraction of sp³-hybridized carbons (Fsp3) is 0.429. The Labute approximate surface area is 229 Å². The average Bonchev–Trinajstić information content (AvgIpc) is 2.86. The van der Waals surface area contributed by atoms with E-state index in [-0.39, 0.29) is 5.56 Å². The van der Waals surface area contributed by atoms with Gasteiger partial charge in [0.1, 0.15) is 10.8 Å². The predicted octanol–water partition coefficient (Wildman–Crippen LogP) is 6.42. The zero-order valence-corrected chi connectivity index (χ0v) is 22.8. The Morgan fingerprint density at radius 3 is 2.76 bits per heavy atom. The number of piperidine rings is 1. The van der Waals surface area contributed by atoms with Crippen LogP contribution >= 0.6 is 24.2 Å². The summed E-state index contributed by atoms with van der Waals surface area (Å²) in [4.78, 5) is 2.63. The lowest BCUT2D eigenvalue weighted by molar-refractivity contribution is 0.0440. The van der Waals surface area contributed by atoms with Gasteiger partial charge in [-0.1, -0.05) is 24.3 Å². The maximum absolute atomic E-state index is 14.4. The van der Waals surface area contributed by atoms with Crippen LogP contribution in [0.2, 0.25) is 5.02 Å². The maximum atomic E-state index is 14.4. The molecule has 0 spiro atoms. The summed E-state index contributed by atoms with van der Waals surface area (Å²) in [6, 6.07) is 6.72. The fourth-order valence-corrected chi connectivity index (χ4v) is 5.43. The van der Waals surface area contributed by atoms with Crippen molar-refractivity contribution in [3.63, 3.8) is 0 Å². The first-order valence-corrected chi connectivity index (χ1v) is 13.6. The molecule has 1 aliphatic carbocycles. The van der Waals surface area contributed by atoms with E-state index in [0.29, 0.717) is 45.9 Å². The molecule has 2 aromatic rings. The lowest BCUT2D eigenvalue weighted by atomic mass is 9.76. The quantitative estimate of drug-likeness (QED) is 0.182. The fourth-order valence-electron chi connectivity index (χ4n) is 5.10. The van der Waals surface area contributed by atoms with Gasteiger partial charge >= 0.3 is 0 Å². The number of likely N-dealkylation sites (tertiary alicyclic amines) is 1. The minimum atomic E-state index is -0.419. The molecule has 198 valence electrons. The van der Waals surface area contributed by atoms with Crippen molar-refractivity contribution >= 4 is 29.9 Å². The number of aromatic nitrogens is 2. The van der Waals surface area contributed by atoms with Gasteiger partial charge in [0.05, 0.1) is 23.7 Å². The highest BCUT2D eigenvalue weighted by molar-refractivity contribution is 7.80. The van der Waals surface area contributed by atoms with E-state index < -0.39 is 5.82 Å². The molecule has 6 nitrogen and oxygen atoms in total. The van der Waals surface area contributed by atoms with Gasteiger partial charge in [-0.05, 0) is 94.6 Å². The van der Waals surface area contributed by atoms with Gasteiger partial charge in [-0.15, -0.1) is 22.8 Å². The second-order valence-corrected chi connectivity index (χ2v) is 10.5. The number of rotatable bonds is 10. The van der Waals surface area contributed by atoms with Gasteiger partial charge in [0.2, 0.25) is 0 Å². The Bertz CT molecular complexity index is 1160. The molecule has 1 saturated carbocycles. The zero-order chi connectivity index (χ0) is 26.4. The first-order valence-electron chi connectivity index (χ1n) is 12.8. The van der Waals surface area contributed by atoms with Crippen LogP contribution in [0, 0.1) is 17.7 Å². The van der Waals surface area contributed by atoms with E-state index >= 15 is 0 Å². The number of nitrogens with two attached hydrogens (primary N) is 1. The van der Waals surface area contributed by atoms with E-state index in [1.54, 1.807) is 12.1 Å². The molecule has 0 unspecified atom stereocenters. The Morgan fingerprint density at radius 1 is 1.30 bits per heavy atom. The molecule has 2 fully saturated rings. The average molecular weight is 544 g/mol. The van der Waals surface area contributed by atoms with Crippen LogP contribution in [-0.4, -0.2) is 40.8 Å². The minimum absolute atomic E-state index is 0.281. The van der Waals surface area contributed by atoms with Crippen LogP contribution in [0.15, 0.2) is 65.7 Å². The van der Waals surface area contributed by atoms with E-state index in [2.05, 4.69) is 45.7 Å². The van der Waals surface area contributed by atoms with Gasteiger partial charge in [-0.3, -0.25) is 0 Å². The number of hydrogen-bond donors (Lipinski definition) is 3. The third kappa shape index (κ3) is 7.06. The number of nitrogens with zero attached hydrogens (tertiary/aromatic N) is 3. The van der Waals surface area contributed by atoms with Crippen LogP contribution in [0.25, 0.3) is 11.3 Å². The summed E-state index contributed by atoms with van der Waals surface area (Å²) in [5.41, 5.74) is 7.80. The summed E-state index contributed by atoms with van der Waals surface area (Å²) >= 11 is 10.5. The monoisotopic (exact) mass is 543 g/mol. The van der Waals surface area contributed by atoms with Crippen LogP contribution in [0.4, 0.5) is 10.1 Å². The first kappa shape index (κ1) is 27.5. The molecule has 0 bridgehead atoms. The standard InChI is InChI=1S/C28H35ClFN5OS/c1-3-36-18(2)20-9-12-35(13-10-20)23-14-19(15-23)4-6-22(8-11-31)32-27-17-26(33-34-28(27)37)24-16-21(29)5-7-25(24)30/h5-8,11,16-17,19-20,23H,2-4,9-10,12-15,31H2,1H3,(H,32,33)(H,34,37)/b11-8-,22-6+. The highest BCUT2D eigenvalue weighted by atomic mass is 35.5. The molecule has 0 amide bonds. The van der Waals surface area contributed by atoms with E-state index in [1.807, 2.05) is 6.92 Å². The van der Waals surface area contributed by atoms with Crippen molar-refractivity contribution in [2.24, 2.45) is 17.6 Å². The number of ether oxygens (including phenoxy) is 1. The SMILES string of the molecule is C=C(OCC)C1CCN(C2CC(C/C=C(\C=C/N)Nc3cc(-c4cc(Cl)ccc4F)nnc3S)C2)CC1. The number of thiol groups is 1. The van der Waals surface area contributed by atoms with Gasteiger partial charge in [0.15, 0.2) is 0 Å². The van der Waals surface area contributed by atoms with E-state index in [1.165, 1.54) is 37.2 Å². The molecule has 1 aromatic heterocycles. The molecule has 2 heterocycles. The number of hydrogen-bond acceptors (Lipinski definition) is 7. The molecule has 1 aromatic carbocycles. The lowest BCUT2D eigenvalue weighted by Gasteiger charge is -2.45. The van der Waals surface area contributed by atoms with Gasteiger partial charge < -0.3 is 20.7 Å². The number of halogens is 2.